The molecule has 180 valence electrons. The summed E-state index contributed by atoms with van der Waals surface area (Å²) in [7, 11) is 0. The molecule has 2 aromatic carbocycles. The van der Waals surface area contributed by atoms with Crippen molar-refractivity contribution in [3.8, 4) is 5.75 Å². The van der Waals surface area contributed by atoms with Crippen LogP contribution < -0.4 is 15.0 Å². The molecule has 0 radical (unpaired) electrons. The summed E-state index contributed by atoms with van der Waals surface area (Å²) in [5, 5.41) is 2.97. The molecule has 2 aliphatic heterocycles. The highest BCUT2D eigenvalue weighted by Crippen LogP contribution is 2.44. The smallest absolute Gasteiger partial charge is 0.257 e. The first-order valence-electron chi connectivity index (χ1n) is 12.1. The summed E-state index contributed by atoms with van der Waals surface area (Å²) >= 11 is 0. The molecule has 1 saturated heterocycles. The second kappa shape index (κ2) is 9.87. The highest BCUT2D eigenvalue weighted by molar-refractivity contribution is 6.10. The van der Waals surface area contributed by atoms with E-state index in [-0.39, 0.29) is 23.8 Å². The van der Waals surface area contributed by atoms with E-state index in [1.807, 2.05) is 63.2 Å². The Morgan fingerprint density at radius 2 is 1.85 bits per heavy atom. The van der Waals surface area contributed by atoms with Crippen LogP contribution in [0, 0.1) is 0 Å². The van der Waals surface area contributed by atoms with Crippen LogP contribution in [0.15, 0.2) is 48.5 Å². The molecule has 1 unspecified atom stereocenters. The first-order chi connectivity index (χ1) is 16.3. The number of ether oxygens (including phenoxy) is 1. The minimum Gasteiger partial charge on any atom is -0.491 e. The largest absolute Gasteiger partial charge is 0.491 e. The van der Waals surface area contributed by atoms with E-state index in [9.17, 15) is 14.4 Å². The summed E-state index contributed by atoms with van der Waals surface area (Å²) < 4.78 is 5.65. The van der Waals surface area contributed by atoms with Gasteiger partial charge in [0.2, 0.25) is 11.8 Å². The van der Waals surface area contributed by atoms with Crippen LogP contribution in [-0.2, 0) is 16.0 Å². The summed E-state index contributed by atoms with van der Waals surface area (Å²) in [6, 6.07) is 15.2. The normalized spacial score (nSPS) is 19.3. The van der Waals surface area contributed by atoms with Gasteiger partial charge in [0.05, 0.1) is 17.4 Å². The van der Waals surface area contributed by atoms with Gasteiger partial charge in [0.15, 0.2) is 0 Å². The third kappa shape index (κ3) is 4.79. The molecule has 3 amide bonds. The number of nitrogens with zero attached hydrogens (tertiary/aromatic N) is 2. The zero-order valence-electron chi connectivity index (χ0n) is 20.2. The Morgan fingerprint density at radius 3 is 2.59 bits per heavy atom. The fourth-order valence-corrected chi connectivity index (χ4v) is 4.88. The number of benzene rings is 2. The van der Waals surface area contributed by atoms with E-state index in [0.29, 0.717) is 50.0 Å². The minimum atomic E-state index is -0.676. The summed E-state index contributed by atoms with van der Waals surface area (Å²) in [4.78, 5) is 41.8. The number of nitrogens with one attached hydrogen (secondary N) is 1. The number of para-hydroxylation sites is 1. The third-order valence-electron chi connectivity index (χ3n) is 6.56. The first-order valence-corrected chi connectivity index (χ1v) is 12.1. The first kappa shape index (κ1) is 23.8. The van der Waals surface area contributed by atoms with Crippen LogP contribution in [0.2, 0.25) is 0 Å². The van der Waals surface area contributed by atoms with Crippen LogP contribution in [-0.4, -0.2) is 47.5 Å². The van der Waals surface area contributed by atoms with Crippen molar-refractivity contribution in [3.63, 3.8) is 0 Å². The Balaban J connectivity index is 1.28. The van der Waals surface area contributed by atoms with Gasteiger partial charge in [-0.25, -0.2) is 0 Å². The fourth-order valence-electron chi connectivity index (χ4n) is 4.88. The predicted octanol–water partition coefficient (Wildman–Crippen LogP) is 3.91. The molecule has 2 aliphatic rings. The molecule has 7 nitrogen and oxygen atoms in total. The summed E-state index contributed by atoms with van der Waals surface area (Å²) in [5.41, 5.74) is 1.69. The summed E-state index contributed by atoms with van der Waals surface area (Å²) in [6.07, 6.45) is 2.76. The molecule has 1 fully saturated rings. The second-order valence-electron chi connectivity index (χ2n) is 9.43. The van der Waals surface area contributed by atoms with Gasteiger partial charge < -0.3 is 15.0 Å². The number of carbonyl (C=O) groups excluding carboxylic acids is 3. The lowest BCUT2D eigenvalue weighted by molar-refractivity contribution is -0.121. The Kier molecular flexibility index (Phi) is 6.91. The third-order valence-corrected chi connectivity index (χ3v) is 6.56. The van der Waals surface area contributed by atoms with Gasteiger partial charge in [-0.1, -0.05) is 24.3 Å². The van der Waals surface area contributed by atoms with Crippen molar-refractivity contribution in [2.24, 2.45) is 0 Å². The molecule has 2 aromatic rings. The molecular formula is C27H33N3O4. The lowest BCUT2D eigenvalue weighted by atomic mass is 9.98. The van der Waals surface area contributed by atoms with E-state index in [0.717, 1.165) is 17.7 Å². The van der Waals surface area contributed by atoms with Gasteiger partial charge >= 0.3 is 0 Å². The molecule has 1 N–H and O–H groups in total. The Morgan fingerprint density at radius 1 is 1.12 bits per heavy atom. The summed E-state index contributed by atoms with van der Waals surface area (Å²) in [5.74, 6) is 0.770. The van der Waals surface area contributed by atoms with Crippen molar-refractivity contribution in [1.82, 2.24) is 10.2 Å². The monoisotopic (exact) mass is 463 g/mol. The van der Waals surface area contributed by atoms with Gasteiger partial charge in [-0.3, -0.25) is 19.3 Å². The van der Waals surface area contributed by atoms with Crippen LogP contribution in [0.1, 0.15) is 62.4 Å². The van der Waals surface area contributed by atoms with Crippen LogP contribution >= 0.6 is 0 Å². The highest BCUT2D eigenvalue weighted by Gasteiger charge is 2.52. The van der Waals surface area contributed by atoms with Gasteiger partial charge in [-0.2, -0.15) is 0 Å². The molecule has 0 bridgehead atoms. The molecule has 1 atom stereocenters. The number of anilines is 1. The fraction of sp³-hybridized carbons (Fsp3) is 0.444. The van der Waals surface area contributed by atoms with Gasteiger partial charge in [0, 0.05) is 25.9 Å². The van der Waals surface area contributed by atoms with Crippen LogP contribution in [0.4, 0.5) is 5.69 Å². The Labute approximate surface area is 201 Å². The van der Waals surface area contributed by atoms with Gasteiger partial charge in [0.1, 0.15) is 11.4 Å². The molecule has 34 heavy (non-hydrogen) atoms. The van der Waals surface area contributed by atoms with Crippen molar-refractivity contribution in [2.45, 2.75) is 64.6 Å². The van der Waals surface area contributed by atoms with Gasteiger partial charge in [-0.15, -0.1) is 0 Å². The maximum Gasteiger partial charge on any atom is 0.257 e. The maximum atomic E-state index is 13.2. The molecule has 2 heterocycles. The minimum absolute atomic E-state index is 0.0332. The van der Waals surface area contributed by atoms with E-state index in [1.54, 1.807) is 15.9 Å². The van der Waals surface area contributed by atoms with Crippen molar-refractivity contribution < 1.29 is 19.1 Å². The molecule has 0 aromatic heterocycles. The van der Waals surface area contributed by atoms with E-state index >= 15 is 0 Å². The van der Waals surface area contributed by atoms with E-state index in [2.05, 4.69) is 5.32 Å². The maximum absolute atomic E-state index is 13.2. The molecule has 0 saturated carbocycles. The van der Waals surface area contributed by atoms with E-state index in [1.165, 1.54) is 0 Å². The second-order valence-corrected chi connectivity index (χ2v) is 9.43. The average molecular weight is 464 g/mol. The number of hydrogen-bond donors (Lipinski definition) is 1. The number of amides is 3. The average Bonchev–Trinajstić information content (AvgIpc) is 3.12. The molecule has 4 rings (SSSR count). The quantitative estimate of drug-likeness (QED) is 0.612. The summed E-state index contributed by atoms with van der Waals surface area (Å²) in [6.45, 7) is 6.92. The Bertz CT molecular complexity index is 1070. The van der Waals surface area contributed by atoms with Crippen molar-refractivity contribution in [2.75, 3.05) is 18.0 Å². The van der Waals surface area contributed by atoms with Crippen LogP contribution in [0.3, 0.4) is 0 Å². The lowest BCUT2D eigenvalue weighted by Crippen LogP contribution is -2.62. The lowest BCUT2D eigenvalue weighted by Gasteiger charge is -2.48. The molecule has 0 aliphatic carbocycles. The SMILES string of the molecule is CC(C)Oc1ccc(CCNC(=O)CCCN2C(=O)c3ccccc3N3C(=O)CCC23C)cc1. The van der Waals surface area contributed by atoms with Crippen molar-refractivity contribution in [1.29, 1.82) is 0 Å². The van der Waals surface area contributed by atoms with Crippen molar-refractivity contribution in [3.05, 3.63) is 59.7 Å². The van der Waals surface area contributed by atoms with Gasteiger partial charge in [-0.05, 0) is 69.9 Å². The topological polar surface area (TPSA) is 79.0 Å². The predicted molar refractivity (Wildman–Crippen MR) is 131 cm³/mol. The molecule has 0 spiro atoms. The number of fused-ring (bicyclic) bond motifs is 3. The van der Waals surface area contributed by atoms with E-state index in [4.69, 9.17) is 4.74 Å². The van der Waals surface area contributed by atoms with Crippen molar-refractivity contribution >= 4 is 23.4 Å². The number of hydrogen-bond acceptors (Lipinski definition) is 4. The molecule has 7 heteroatoms. The standard InChI is InChI=1S/C27H33N3O4/c1-19(2)34-21-12-10-20(11-13-21)15-17-28-24(31)9-6-18-29-26(33)22-7-4-5-8-23(22)30-25(32)14-16-27(29,30)3/h4-5,7-8,10-13,19H,6,9,14-18H2,1-3H3,(H,28,31). The van der Waals surface area contributed by atoms with Crippen LogP contribution in [0.5, 0.6) is 5.75 Å². The zero-order valence-corrected chi connectivity index (χ0v) is 20.2. The highest BCUT2D eigenvalue weighted by atomic mass is 16.5. The van der Waals surface area contributed by atoms with Crippen LogP contribution in [0.25, 0.3) is 0 Å². The number of carbonyl (C=O) groups is 3. The molecular weight excluding hydrogens is 430 g/mol. The Hall–Kier alpha value is -3.35. The zero-order chi connectivity index (χ0) is 24.3. The van der Waals surface area contributed by atoms with Gasteiger partial charge in [0.25, 0.3) is 5.91 Å². The van der Waals surface area contributed by atoms with E-state index < -0.39 is 5.66 Å². The number of rotatable bonds is 9.